The van der Waals surface area contributed by atoms with Crippen LogP contribution in [0.25, 0.3) is 0 Å². The molecule has 0 bridgehead atoms. The van der Waals surface area contributed by atoms with Gasteiger partial charge < -0.3 is 20.1 Å². The van der Waals surface area contributed by atoms with E-state index in [4.69, 9.17) is 15.2 Å². The van der Waals surface area contributed by atoms with Gasteiger partial charge in [-0.2, -0.15) is 0 Å². The highest BCUT2D eigenvalue weighted by Gasteiger charge is 2.63. The van der Waals surface area contributed by atoms with Gasteiger partial charge in [0.05, 0.1) is 12.7 Å². The van der Waals surface area contributed by atoms with E-state index in [0.29, 0.717) is 13.0 Å². The van der Waals surface area contributed by atoms with Gasteiger partial charge in [0.25, 0.3) is 0 Å². The quantitative estimate of drug-likeness (QED) is 0.657. The molecule has 25 heavy (non-hydrogen) atoms. The van der Waals surface area contributed by atoms with Crippen molar-refractivity contribution in [1.29, 1.82) is 0 Å². The number of amides is 1. The summed E-state index contributed by atoms with van der Waals surface area (Å²) in [6.45, 7) is 14.5. The Labute approximate surface area is 164 Å². The minimum Gasteiger partial charge on any atom is -0.380 e. The Balaban J connectivity index is 0.00000288. The standard InChI is InChI=1S/C17H33N3O3.2ClH/c1-5-22-12-11-19-7-9-20(10-8-19)15(21)17(18)13-14(23-6-2)16(17,3)4;;/h14H,5-13,18H2,1-4H3;2*1H. The molecule has 2 N–H and O–H groups in total. The van der Waals surface area contributed by atoms with Crippen molar-refractivity contribution in [3.63, 3.8) is 0 Å². The Morgan fingerprint density at radius 1 is 1.12 bits per heavy atom. The molecule has 2 atom stereocenters. The van der Waals surface area contributed by atoms with E-state index in [1.54, 1.807) is 0 Å². The molecule has 0 radical (unpaired) electrons. The largest absolute Gasteiger partial charge is 0.380 e. The van der Waals surface area contributed by atoms with E-state index in [-0.39, 0.29) is 42.2 Å². The van der Waals surface area contributed by atoms with Gasteiger partial charge in [0.1, 0.15) is 5.54 Å². The summed E-state index contributed by atoms with van der Waals surface area (Å²) in [5.41, 5.74) is 5.40. The van der Waals surface area contributed by atoms with E-state index in [1.165, 1.54) is 0 Å². The summed E-state index contributed by atoms with van der Waals surface area (Å²) in [4.78, 5) is 17.2. The van der Waals surface area contributed by atoms with Gasteiger partial charge in [-0.1, -0.05) is 13.8 Å². The fraction of sp³-hybridized carbons (Fsp3) is 0.941. The minimum absolute atomic E-state index is 0. The summed E-state index contributed by atoms with van der Waals surface area (Å²) in [6.07, 6.45) is 0.700. The molecule has 1 heterocycles. The zero-order valence-corrected chi connectivity index (χ0v) is 17.6. The lowest BCUT2D eigenvalue weighted by Crippen LogP contribution is -2.76. The van der Waals surface area contributed by atoms with Crippen LogP contribution >= 0.6 is 24.8 Å². The lowest BCUT2D eigenvalue weighted by molar-refractivity contribution is -0.180. The molecule has 0 aromatic carbocycles. The van der Waals surface area contributed by atoms with Gasteiger partial charge in [0, 0.05) is 57.8 Å². The Kier molecular flexibility index (Phi) is 10.2. The number of carbonyl (C=O) groups is 1. The zero-order valence-electron chi connectivity index (χ0n) is 16.0. The summed E-state index contributed by atoms with van der Waals surface area (Å²) < 4.78 is 11.1. The van der Waals surface area contributed by atoms with Crippen molar-refractivity contribution >= 4 is 30.7 Å². The number of hydrogen-bond acceptors (Lipinski definition) is 5. The molecule has 2 aliphatic rings. The number of halogens is 2. The van der Waals surface area contributed by atoms with Crippen molar-refractivity contribution in [2.75, 3.05) is 52.5 Å². The summed E-state index contributed by atoms with van der Waals surface area (Å²) in [6, 6.07) is 0. The molecule has 0 aromatic heterocycles. The van der Waals surface area contributed by atoms with Crippen LogP contribution < -0.4 is 5.73 Å². The molecular formula is C17H35Cl2N3O3. The molecule has 150 valence electrons. The Hall–Kier alpha value is -0.110. The second kappa shape index (κ2) is 10.3. The topological polar surface area (TPSA) is 68.0 Å². The van der Waals surface area contributed by atoms with Gasteiger partial charge >= 0.3 is 0 Å². The SMILES string of the molecule is CCOCCN1CCN(C(=O)C2(N)CC(OCC)C2(C)C)CC1.Cl.Cl. The number of ether oxygens (including phenoxy) is 2. The van der Waals surface area contributed by atoms with Crippen LogP contribution in [0.4, 0.5) is 0 Å². The number of piperazine rings is 1. The van der Waals surface area contributed by atoms with Crippen molar-refractivity contribution < 1.29 is 14.3 Å². The highest BCUT2D eigenvalue weighted by molar-refractivity contribution is 5.89. The van der Waals surface area contributed by atoms with Crippen LogP contribution in [0.1, 0.15) is 34.1 Å². The number of nitrogens with two attached hydrogens (primary N) is 1. The van der Waals surface area contributed by atoms with Gasteiger partial charge in [-0.15, -0.1) is 24.8 Å². The first-order valence-electron chi connectivity index (χ1n) is 8.86. The second-order valence-corrected chi connectivity index (χ2v) is 7.17. The van der Waals surface area contributed by atoms with Crippen LogP contribution in [-0.4, -0.2) is 79.9 Å². The van der Waals surface area contributed by atoms with Gasteiger partial charge in [0.15, 0.2) is 0 Å². The van der Waals surface area contributed by atoms with Gasteiger partial charge in [-0.3, -0.25) is 9.69 Å². The zero-order chi connectivity index (χ0) is 17.1. The molecule has 0 spiro atoms. The number of rotatable bonds is 7. The summed E-state index contributed by atoms with van der Waals surface area (Å²) in [7, 11) is 0. The summed E-state index contributed by atoms with van der Waals surface area (Å²) in [5.74, 6) is 0.0860. The second-order valence-electron chi connectivity index (χ2n) is 7.17. The van der Waals surface area contributed by atoms with Crippen LogP contribution in [-0.2, 0) is 14.3 Å². The Bertz CT molecular complexity index is 418. The van der Waals surface area contributed by atoms with E-state index in [2.05, 4.69) is 4.90 Å². The first-order chi connectivity index (χ1) is 10.9. The van der Waals surface area contributed by atoms with Crippen molar-refractivity contribution in [1.82, 2.24) is 9.80 Å². The van der Waals surface area contributed by atoms with E-state index in [0.717, 1.165) is 45.9 Å². The van der Waals surface area contributed by atoms with Crippen molar-refractivity contribution in [3.05, 3.63) is 0 Å². The van der Waals surface area contributed by atoms with E-state index >= 15 is 0 Å². The number of hydrogen-bond donors (Lipinski definition) is 1. The number of nitrogens with zero attached hydrogens (tertiary/aromatic N) is 2. The third-order valence-corrected chi connectivity index (χ3v) is 5.63. The first kappa shape index (κ1) is 24.9. The molecule has 2 unspecified atom stereocenters. The van der Waals surface area contributed by atoms with Gasteiger partial charge in [0.2, 0.25) is 5.91 Å². The molecule has 1 saturated carbocycles. The molecule has 0 aromatic rings. The monoisotopic (exact) mass is 399 g/mol. The van der Waals surface area contributed by atoms with Crippen LogP contribution in [0.3, 0.4) is 0 Å². The third-order valence-electron chi connectivity index (χ3n) is 5.63. The maximum Gasteiger partial charge on any atom is 0.243 e. The van der Waals surface area contributed by atoms with Crippen LogP contribution in [0, 0.1) is 5.41 Å². The molecule has 1 aliphatic carbocycles. The molecule has 1 amide bonds. The lowest BCUT2D eigenvalue weighted by atomic mass is 9.54. The highest BCUT2D eigenvalue weighted by atomic mass is 35.5. The maximum atomic E-state index is 12.9. The molecular weight excluding hydrogens is 365 g/mol. The molecule has 8 heteroatoms. The van der Waals surface area contributed by atoms with E-state index < -0.39 is 5.54 Å². The third kappa shape index (κ3) is 4.99. The fourth-order valence-electron chi connectivity index (χ4n) is 3.59. The maximum absolute atomic E-state index is 12.9. The van der Waals surface area contributed by atoms with Gasteiger partial charge in [-0.25, -0.2) is 0 Å². The predicted octanol–water partition coefficient (Wildman–Crippen LogP) is 1.54. The smallest absolute Gasteiger partial charge is 0.243 e. The average molecular weight is 400 g/mol. The molecule has 2 fully saturated rings. The fourth-order valence-corrected chi connectivity index (χ4v) is 3.59. The first-order valence-corrected chi connectivity index (χ1v) is 8.86. The number of carbonyl (C=O) groups excluding carboxylic acids is 1. The van der Waals surface area contributed by atoms with Crippen LogP contribution in [0.15, 0.2) is 0 Å². The van der Waals surface area contributed by atoms with E-state index in [1.807, 2.05) is 32.6 Å². The van der Waals surface area contributed by atoms with Crippen molar-refractivity contribution in [2.24, 2.45) is 11.1 Å². The molecule has 6 nitrogen and oxygen atoms in total. The van der Waals surface area contributed by atoms with Crippen LogP contribution in [0.2, 0.25) is 0 Å². The average Bonchev–Trinajstić information content (AvgIpc) is 2.54. The Morgan fingerprint density at radius 3 is 2.20 bits per heavy atom. The predicted molar refractivity (Wildman–Crippen MR) is 105 cm³/mol. The summed E-state index contributed by atoms with van der Waals surface area (Å²) >= 11 is 0. The molecule has 1 saturated heterocycles. The highest BCUT2D eigenvalue weighted by Crippen LogP contribution is 2.50. The van der Waals surface area contributed by atoms with Crippen LogP contribution in [0.5, 0.6) is 0 Å². The normalized spacial score (nSPS) is 28.5. The summed E-state index contributed by atoms with van der Waals surface area (Å²) in [5, 5.41) is 0. The van der Waals surface area contributed by atoms with Gasteiger partial charge in [-0.05, 0) is 13.8 Å². The molecule has 2 rings (SSSR count). The lowest BCUT2D eigenvalue weighted by Gasteiger charge is -2.59. The van der Waals surface area contributed by atoms with Crippen molar-refractivity contribution in [2.45, 2.75) is 45.8 Å². The van der Waals surface area contributed by atoms with E-state index in [9.17, 15) is 4.79 Å². The molecule has 1 aliphatic heterocycles. The Morgan fingerprint density at radius 2 is 1.72 bits per heavy atom. The minimum atomic E-state index is -0.791. The van der Waals surface area contributed by atoms with Crippen molar-refractivity contribution in [3.8, 4) is 0 Å².